The highest BCUT2D eigenvalue weighted by molar-refractivity contribution is 7.92. The number of non-ortho nitro benzene ring substituents is 1. The minimum Gasteiger partial charge on any atom is -0.464 e. The van der Waals surface area contributed by atoms with Crippen molar-refractivity contribution in [1.82, 2.24) is 4.57 Å². The molecular formula is C20H17N5O9S2. The molecule has 0 bridgehead atoms. The van der Waals surface area contributed by atoms with Gasteiger partial charge in [0.05, 0.1) is 44.4 Å². The van der Waals surface area contributed by atoms with Crippen LogP contribution in [0.3, 0.4) is 0 Å². The number of ether oxygens (including phenoxy) is 1. The molecule has 0 aliphatic carbocycles. The minimum atomic E-state index is -4.91. The zero-order valence-corrected chi connectivity index (χ0v) is 20.1. The highest BCUT2D eigenvalue weighted by Gasteiger charge is 2.26. The number of esters is 1. The van der Waals surface area contributed by atoms with Crippen LogP contribution in [0.1, 0.15) is 21.6 Å². The van der Waals surface area contributed by atoms with Crippen LogP contribution in [-0.2, 0) is 24.9 Å². The van der Waals surface area contributed by atoms with Crippen LogP contribution in [0.5, 0.6) is 0 Å². The molecule has 0 saturated carbocycles. The van der Waals surface area contributed by atoms with E-state index in [0.29, 0.717) is 0 Å². The smallest absolute Gasteiger partial charge is 0.357 e. The van der Waals surface area contributed by atoms with Crippen LogP contribution < -0.4 is 10.5 Å². The number of aromatic nitrogens is 1. The van der Waals surface area contributed by atoms with E-state index in [1.807, 2.05) is 0 Å². The molecule has 16 heteroatoms. The number of nitrogen functional groups attached to an aromatic ring is 1. The Labute approximate surface area is 204 Å². The Kier molecular flexibility index (Phi) is 6.75. The number of anilines is 2. The third-order valence-corrected chi connectivity index (χ3v) is 7.23. The topological polar surface area (TPSA) is 225 Å². The Morgan fingerprint density at radius 1 is 1.22 bits per heavy atom. The minimum absolute atomic E-state index is 0.0426. The van der Waals surface area contributed by atoms with Gasteiger partial charge in [0.1, 0.15) is 6.07 Å². The lowest BCUT2D eigenvalue weighted by atomic mass is 10.1. The van der Waals surface area contributed by atoms with Gasteiger partial charge in [0.15, 0.2) is 5.69 Å². The molecule has 0 fully saturated rings. The Hall–Kier alpha value is -4.46. The fourth-order valence-corrected chi connectivity index (χ4v) is 4.93. The third kappa shape index (κ3) is 4.84. The maximum atomic E-state index is 13.0. The first-order valence-electron chi connectivity index (χ1n) is 9.60. The zero-order chi connectivity index (χ0) is 27.0. The number of nitrogens with one attached hydrogen (secondary N) is 1. The van der Waals surface area contributed by atoms with E-state index in [2.05, 4.69) is 4.72 Å². The molecule has 0 spiro atoms. The summed E-state index contributed by atoms with van der Waals surface area (Å²) in [4.78, 5) is 21.4. The lowest BCUT2D eigenvalue weighted by Crippen LogP contribution is -2.17. The maximum absolute atomic E-state index is 13.0. The predicted molar refractivity (Wildman–Crippen MR) is 125 cm³/mol. The monoisotopic (exact) mass is 535 g/mol. The number of nitrogens with two attached hydrogens (primary N) is 1. The average Bonchev–Trinajstić information content (AvgIpc) is 3.15. The van der Waals surface area contributed by atoms with Gasteiger partial charge in [-0.05, 0) is 30.7 Å². The van der Waals surface area contributed by atoms with Crippen LogP contribution in [0.25, 0.3) is 5.69 Å². The van der Waals surface area contributed by atoms with Crippen LogP contribution in [-0.4, -0.2) is 44.0 Å². The van der Waals surface area contributed by atoms with Crippen molar-refractivity contribution >= 4 is 43.2 Å². The summed E-state index contributed by atoms with van der Waals surface area (Å²) < 4.78 is 67.4. The molecule has 0 saturated heterocycles. The summed E-state index contributed by atoms with van der Waals surface area (Å²) >= 11 is 0. The number of rotatable bonds is 7. The first-order valence-corrected chi connectivity index (χ1v) is 12.5. The van der Waals surface area contributed by atoms with Crippen molar-refractivity contribution < 1.29 is 35.8 Å². The van der Waals surface area contributed by atoms with Crippen molar-refractivity contribution in [3.8, 4) is 11.8 Å². The van der Waals surface area contributed by atoms with Gasteiger partial charge >= 0.3 is 5.97 Å². The van der Waals surface area contributed by atoms with E-state index < -0.39 is 46.5 Å². The fourth-order valence-electron chi connectivity index (χ4n) is 3.25. The summed E-state index contributed by atoms with van der Waals surface area (Å²) in [6, 6.07) is 7.63. The van der Waals surface area contributed by atoms with Crippen LogP contribution in [0.4, 0.5) is 17.1 Å². The van der Waals surface area contributed by atoms with Crippen molar-refractivity contribution in [3.05, 3.63) is 69.5 Å². The van der Waals surface area contributed by atoms with E-state index in [1.165, 1.54) is 6.92 Å². The van der Waals surface area contributed by atoms with Crippen LogP contribution in [0, 0.1) is 28.4 Å². The van der Waals surface area contributed by atoms with Gasteiger partial charge < -0.3 is 15.0 Å². The number of benzene rings is 2. The van der Waals surface area contributed by atoms with Crippen LogP contribution >= 0.6 is 0 Å². The van der Waals surface area contributed by atoms with Crippen molar-refractivity contribution in [2.45, 2.75) is 16.7 Å². The van der Waals surface area contributed by atoms with E-state index in [1.54, 1.807) is 6.07 Å². The first kappa shape index (κ1) is 26.2. The van der Waals surface area contributed by atoms with E-state index in [9.17, 15) is 41.6 Å². The molecular weight excluding hydrogens is 518 g/mol. The van der Waals surface area contributed by atoms with E-state index in [4.69, 9.17) is 10.5 Å². The SMILES string of the molecule is COC(=O)c1c(N)c(C#N)cn1-c1cc(S(=O)(=O)O)cc(NS(=O)(=O)c2cccc([N+](=O)[O-])c2)c1C. The number of hydrogen-bond acceptors (Lipinski definition) is 10. The predicted octanol–water partition coefficient (Wildman–Crippen LogP) is 1.98. The first-order chi connectivity index (χ1) is 16.7. The van der Waals surface area contributed by atoms with Gasteiger partial charge in [-0.2, -0.15) is 13.7 Å². The number of methoxy groups -OCH3 is 1. The maximum Gasteiger partial charge on any atom is 0.357 e. The second-order valence-corrected chi connectivity index (χ2v) is 10.3. The molecule has 14 nitrogen and oxygen atoms in total. The van der Waals surface area contributed by atoms with E-state index in [-0.39, 0.29) is 33.9 Å². The lowest BCUT2D eigenvalue weighted by Gasteiger charge is -2.17. The summed E-state index contributed by atoms with van der Waals surface area (Å²) in [5, 5.41) is 20.4. The molecule has 0 unspecified atom stereocenters. The molecule has 0 aliphatic rings. The second kappa shape index (κ2) is 9.30. The van der Waals surface area contributed by atoms with E-state index in [0.717, 1.165) is 54.3 Å². The Bertz CT molecular complexity index is 1670. The molecule has 4 N–H and O–H groups in total. The molecule has 0 aliphatic heterocycles. The number of nitriles is 1. The molecule has 2 aromatic carbocycles. The Morgan fingerprint density at radius 2 is 1.89 bits per heavy atom. The molecule has 1 aromatic heterocycles. The molecule has 0 amide bonds. The third-order valence-electron chi connectivity index (χ3n) is 5.04. The van der Waals surface area contributed by atoms with Gasteiger partial charge in [-0.15, -0.1) is 0 Å². The number of carbonyl (C=O) groups is 1. The highest BCUT2D eigenvalue weighted by atomic mass is 32.2. The van der Waals surface area contributed by atoms with Crippen molar-refractivity contribution in [3.63, 3.8) is 0 Å². The zero-order valence-electron chi connectivity index (χ0n) is 18.5. The number of nitro benzene ring substituents is 1. The largest absolute Gasteiger partial charge is 0.464 e. The van der Waals surface area contributed by atoms with Crippen molar-refractivity contribution in [1.29, 1.82) is 5.26 Å². The van der Waals surface area contributed by atoms with Gasteiger partial charge in [-0.1, -0.05) is 6.07 Å². The van der Waals surface area contributed by atoms with Gasteiger partial charge in [0, 0.05) is 18.3 Å². The summed E-state index contributed by atoms with van der Waals surface area (Å²) in [5.41, 5.74) is 4.13. The molecule has 188 valence electrons. The molecule has 3 rings (SSSR count). The number of nitrogens with zero attached hydrogens (tertiary/aromatic N) is 3. The standard InChI is InChI=1S/C20H17N5O9S2/c1-11-16(23-35(29,30)14-5-3-4-13(6-14)25(27)28)7-15(36(31,32)33)8-17(11)24-10-12(9-21)18(22)19(24)20(26)34-2/h3-8,10,23H,22H2,1-2H3,(H,31,32,33). The summed E-state index contributed by atoms with van der Waals surface area (Å²) in [6.07, 6.45) is 1.11. The summed E-state index contributed by atoms with van der Waals surface area (Å²) in [6.45, 7) is 1.36. The number of sulfonamides is 1. The van der Waals surface area contributed by atoms with Gasteiger partial charge in [-0.3, -0.25) is 19.4 Å². The Morgan fingerprint density at radius 3 is 2.44 bits per heavy atom. The quantitative estimate of drug-likeness (QED) is 0.171. The molecule has 3 aromatic rings. The number of hydrogen-bond donors (Lipinski definition) is 3. The van der Waals surface area contributed by atoms with Crippen molar-refractivity contribution in [2.24, 2.45) is 0 Å². The number of nitro groups is 1. The van der Waals surface area contributed by atoms with Crippen LogP contribution in [0.2, 0.25) is 0 Å². The van der Waals surface area contributed by atoms with Gasteiger partial charge in [-0.25, -0.2) is 13.2 Å². The normalized spacial score (nSPS) is 11.5. The highest BCUT2D eigenvalue weighted by Crippen LogP contribution is 2.33. The Balaban J connectivity index is 2.29. The molecule has 1 heterocycles. The molecule has 0 radical (unpaired) electrons. The van der Waals surface area contributed by atoms with Gasteiger partial charge in [0.2, 0.25) is 0 Å². The van der Waals surface area contributed by atoms with Crippen LogP contribution in [0.15, 0.2) is 52.4 Å². The van der Waals surface area contributed by atoms with Gasteiger partial charge in [0.25, 0.3) is 25.8 Å². The van der Waals surface area contributed by atoms with E-state index >= 15 is 0 Å². The summed E-state index contributed by atoms with van der Waals surface area (Å²) in [7, 11) is -8.36. The molecule has 0 atom stereocenters. The average molecular weight is 536 g/mol. The lowest BCUT2D eigenvalue weighted by molar-refractivity contribution is -0.385. The second-order valence-electron chi connectivity index (χ2n) is 7.23. The molecule has 36 heavy (non-hydrogen) atoms. The summed E-state index contributed by atoms with van der Waals surface area (Å²) in [5.74, 6) is -0.982. The number of carbonyl (C=O) groups excluding carboxylic acids is 1. The van der Waals surface area contributed by atoms with Crippen molar-refractivity contribution in [2.75, 3.05) is 17.6 Å². The fraction of sp³-hybridized carbons (Fsp3) is 0.100.